The van der Waals surface area contributed by atoms with Gasteiger partial charge in [-0.1, -0.05) is 39.3 Å². The molecule has 0 aliphatic rings. The van der Waals surface area contributed by atoms with Gasteiger partial charge in [0.15, 0.2) is 0 Å². The minimum Gasteiger partial charge on any atom is -0.299 e. The Hall–Kier alpha value is -2.17. The molecule has 21 heavy (non-hydrogen) atoms. The van der Waals surface area contributed by atoms with E-state index in [4.69, 9.17) is 0 Å². The molecule has 1 atom stereocenters. The predicted molar refractivity (Wildman–Crippen MR) is 82.0 cm³/mol. The van der Waals surface area contributed by atoms with E-state index in [1.807, 2.05) is 19.1 Å². The van der Waals surface area contributed by atoms with Crippen molar-refractivity contribution >= 4 is 23.2 Å². The lowest BCUT2D eigenvalue weighted by molar-refractivity contribution is -0.126. The molecule has 0 fully saturated rings. The van der Waals surface area contributed by atoms with Crippen molar-refractivity contribution in [3.05, 3.63) is 29.5 Å². The van der Waals surface area contributed by atoms with Crippen molar-refractivity contribution in [3.63, 3.8) is 0 Å². The van der Waals surface area contributed by atoms with E-state index in [0.29, 0.717) is 18.7 Å². The molecule has 2 aromatic rings. The monoisotopic (exact) mass is 287 g/mol. The van der Waals surface area contributed by atoms with Gasteiger partial charge in [0.05, 0.1) is 17.1 Å². The minimum absolute atomic E-state index is 0.287. The fourth-order valence-electron chi connectivity index (χ4n) is 2.53. The van der Waals surface area contributed by atoms with Crippen molar-refractivity contribution in [2.75, 3.05) is 0 Å². The number of nitrogens with one attached hydrogen (secondary N) is 2. The van der Waals surface area contributed by atoms with Gasteiger partial charge in [0.2, 0.25) is 12.3 Å². The van der Waals surface area contributed by atoms with Gasteiger partial charge in [-0.25, -0.2) is 0 Å². The van der Waals surface area contributed by atoms with Gasteiger partial charge in [-0.15, -0.1) is 0 Å². The summed E-state index contributed by atoms with van der Waals surface area (Å²) < 4.78 is 0. The van der Waals surface area contributed by atoms with E-state index in [1.165, 1.54) is 5.56 Å². The minimum atomic E-state index is -0.380. The number of rotatable bonds is 6. The van der Waals surface area contributed by atoms with E-state index in [-0.39, 0.29) is 11.8 Å². The number of fused-ring (bicyclic) bond motifs is 1. The molecule has 112 valence electrons. The Kier molecular flexibility index (Phi) is 4.73. The summed E-state index contributed by atoms with van der Waals surface area (Å²) in [7, 11) is 0. The molecule has 5 heteroatoms. The van der Waals surface area contributed by atoms with Crippen LogP contribution >= 0.6 is 0 Å². The van der Waals surface area contributed by atoms with E-state index in [0.717, 1.165) is 23.0 Å². The molecule has 0 aliphatic heterocycles. The number of carbonyl (C=O) groups is 2. The van der Waals surface area contributed by atoms with Crippen LogP contribution < -0.4 is 5.32 Å². The Labute approximate surface area is 124 Å². The normalized spacial score (nSPS) is 12.6. The Morgan fingerprint density at radius 1 is 1.43 bits per heavy atom. The lowest BCUT2D eigenvalue weighted by Gasteiger charge is -2.13. The van der Waals surface area contributed by atoms with Gasteiger partial charge in [-0.05, 0) is 24.0 Å². The summed E-state index contributed by atoms with van der Waals surface area (Å²) in [5.74, 6) is -0.236. The smallest absolute Gasteiger partial charge is 0.235 e. The highest BCUT2D eigenvalue weighted by Crippen LogP contribution is 2.29. The van der Waals surface area contributed by atoms with Gasteiger partial charge in [-0.2, -0.15) is 5.10 Å². The second-order valence-electron chi connectivity index (χ2n) is 5.54. The number of aromatic amines is 1. The summed E-state index contributed by atoms with van der Waals surface area (Å²) in [4.78, 5) is 22.6. The molecule has 1 unspecified atom stereocenters. The Balaban J connectivity index is 2.43. The number of benzene rings is 1. The van der Waals surface area contributed by atoms with Crippen LogP contribution in [-0.2, 0) is 9.59 Å². The Morgan fingerprint density at radius 2 is 2.19 bits per heavy atom. The van der Waals surface area contributed by atoms with Gasteiger partial charge in [0.25, 0.3) is 0 Å². The average Bonchev–Trinajstić information content (AvgIpc) is 2.87. The van der Waals surface area contributed by atoms with E-state index in [9.17, 15) is 9.59 Å². The van der Waals surface area contributed by atoms with Gasteiger partial charge in [0, 0.05) is 5.39 Å². The first-order valence-corrected chi connectivity index (χ1v) is 7.30. The van der Waals surface area contributed by atoms with Crippen molar-refractivity contribution in [3.8, 4) is 0 Å². The Morgan fingerprint density at radius 3 is 2.81 bits per heavy atom. The van der Waals surface area contributed by atoms with Crippen LogP contribution in [0.4, 0.5) is 0 Å². The molecule has 1 aromatic heterocycles. The molecule has 0 radical (unpaired) electrons. The van der Waals surface area contributed by atoms with Crippen molar-refractivity contribution in [1.82, 2.24) is 15.5 Å². The summed E-state index contributed by atoms with van der Waals surface area (Å²) in [6, 6.07) is 6.10. The molecule has 0 bridgehead atoms. The van der Waals surface area contributed by atoms with E-state index >= 15 is 0 Å². The zero-order valence-electron chi connectivity index (χ0n) is 12.6. The predicted octanol–water partition coefficient (Wildman–Crippen LogP) is 2.84. The topological polar surface area (TPSA) is 74.8 Å². The highest BCUT2D eigenvalue weighted by Gasteiger charge is 2.23. The molecule has 2 rings (SSSR count). The van der Waals surface area contributed by atoms with E-state index in [2.05, 4.69) is 35.4 Å². The lowest BCUT2D eigenvalue weighted by Crippen LogP contribution is -2.28. The zero-order valence-corrected chi connectivity index (χ0v) is 12.6. The van der Waals surface area contributed by atoms with Crippen LogP contribution in [0, 0.1) is 0 Å². The fourth-order valence-corrected chi connectivity index (χ4v) is 2.53. The maximum absolute atomic E-state index is 12.1. The number of hydrogen-bond donors (Lipinski definition) is 2. The number of amides is 2. The highest BCUT2D eigenvalue weighted by atomic mass is 16.2. The summed E-state index contributed by atoms with van der Waals surface area (Å²) >= 11 is 0. The Bertz CT molecular complexity index is 646. The van der Waals surface area contributed by atoms with Crippen LogP contribution in [0.1, 0.15) is 56.7 Å². The number of hydrogen-bond acceptors (Lipinski definition) is 3. The standard InChI is InChI=1S/C16H21N3O2/c1-4-5-13(16(21)17-9-20)15-12-7-6-11(10(2)3)8-14(12)18-19-15/h6-10,13H,4-5H2,1-3H3,(H,18,19)(H,17,20,21). The lowest BCUT2D eigenvalue weighted by atomic mass is 9.94. The summed E-state index contributed by atoms with van der Waals surface area (Å²) in [5.41, 5.74) is 2.85. The number of imide groups is 1. The van der Waals surface area contributed by atoms with Crippen LogP contribution in [0.5, 0.6) is 0 Å². The first kappa shape index (κ1) is 15.2. The van der Waals surface area contributed by atoms with Crippen LogP contribution in [0.25, 0.3) is 10.9 Å². The quantitative estimate of drug-likeness (QED) is 0.802. The van der Waals surface area contributed by atoms with Gasteiger partial charge < -0.3 is 0 Å². The molecular weight excluding hydrogens is 266 g/mol. The SMILES string of the molecule is CCCC(C(=O)NC=O)c1[nH]nc2cc(C(C)C)ccc12. The second-order valence-corrected chi connectivity index (χ2v) is 5.54. The van der Waals surface area contributed by atoms with E-state index < -0.39 is 0 Å². The summed E-state index contributed by atoms with van der Waals surface area (Å²) in [5, 5.41) is 10.5. The molecule has 0 spiro atoms. The van der Waals surface area contributed by atoms with Crippen LogP contribution in [0.15, 0.2) is 18.2 Å². The molecule has 5 nitrogen and oxygen atoms in total. The molecule has 1 heterocycles. The maximum Gasteiger partial charge on any atom is 0.235 e. The maximum atomic E-state index is 12.1. The second kappa shape index (κ2) is 6.52. The number of H-pyrrole nitrogens is 1. The molecule has 0 saturated carbocycles. The first-order valence-electron chi connectivity index (χ1n) is 7.30. The largest absolute Gasteiger partial charge is 0.299 e. The van der Waals surface area contributed by atoms with Crippen LogP contribution in [0.2, 0.25) is 0 Å². The fraction of sp³-hybridized carbons (Fsp3) is 0.438. The number of aromatic nitrogens is 2. The molecular formula is C16H21N3O2. The molecule has 2 N–H and O–H groups in total. The third kappa shape index (κ3) is 3.12. The number of nitrogens with zero attached hydrogens (tertiary/aromatic N) is 1. The summed E-state index contributed by atoms with van der Waals surface area (Å²) in [6.07, 6.45) is 1.95. The van der Waals surface area contributed by atoms with Crippen molar-refractivity contribution in [2.24, 2.45) is 0 Å². The van der Waals surface area contributed by atoms with Crippen molar-refractivity contribution < 1.29 is 9.59 Å². The third-order valence-corrected chi connectivity index (χ3v) is 3.72. The third-order valence-electron chi connectivity index (χ3n) is 3.72. The van der Waals surface area contributed by atoms with Crippen molar-refractivity contribution in [2.45, 2.75) is 45.4 Å². The van der Waals surface area contributed by atoms with Crippen LogP contribution in [0.3, 0.4) is 0 Å². The molecule has 0 aliphatic carbocycles. The highest BCUT2D eigenvalue weighted by molar-refractivity contribution is 5.94. The molecule has 0 saturated heterocycles. The first-order chi connectivity index (χ1) is 10.1. The average molecular weight is 287 g/mol. The summed E-state index contributed by atoms with van der Waals surface area (Å²) in [6.45, 7) is 6.27. The zero-order chi connectivity index (χ0) is 15.4. The van der Waals surface area contributed by atoms with E-state index in [1.54, 1.807) is 0 Å². The van der Waals surface area contributed by atoms with Crippen LogP contribution in [-0.4, -0.2) is 22.5 Å². The van der Waals surface area contributed by atoms with Crippen molar-refractivity contribution in [1.29, 1.82) is 0 Å². The van der Waals surface area contributed by atoms with Gasteiger partial charge in [-0.3, -0.25) is 20.0 Å². The molecule has 1 aromatic carbocycles. The number of carbonyl (C=O) groups excluding carboxylic acids is 2. The van der Waals surface area contributed by atoms with Gasteiger partial charge >= 0.3 is 0 Å². The van der Waals surface area contributed by atoms with Gasteiger partial charge in [0.1, 0.15) is 0 Å². The molecule has 2 amide bonds.